The van der Waals surface area contributed by atoms with Crippen LogP contribution in [0.4, 0.5) is 5.69 Å². The molecule has 0 aliphatic carbocycles. The summed E-state index contributed by atoms with van der Waals surface area (Å²) < 4.78 is 10.3. The highest BCUT2D eigenvalue weighted by atomic mass is 16.6. The molecule has 1 heterocycles. The van der Waals surface area contributed by atoms with Gasteiger partial charge in [-0.05, 0) is 19.0 Å². The number of carbonyl (C=O) groups is 1. The highest BCUT2D eigenvalue weighted by Crippen LogP contribution is 2.30. The number of methoxy groups -OCH3 is 1. The molecule has 2 N–H and O–H groups in total. The summed E-state index contributed by atoms with van der Waals surface area (Å²) in [6.45, 7) is 2.09. The smallest absolute Gasteiger partial charge is 0.311 e. The molecule has 1 aromatic carbocycles. The summed E-state index contributed by atoms with van der Waals surface area (Å²) in [6, 6.07) is 4.11. The third-order valence-corrected chi connectivity index (χ3v) is 3.39. The van der Waals surface area contributed by atoms with E-state index in [1.807, 2.05) is 0 Å². The first kappa shape index (κ1) is 16.8. The molecule has 0 bridgehead atoms. The van der Waals surface area contributed by atoms with Crippen molar-refractivity contribution < 1.29 is 19.2 Å². The van der Waals surface area contributed by atoms with Crippen molar-refractivity contribution in [2.45, 2.75) is 6.42 Å². The summed E-state index contributed by atoms with van der Waals surface area (Å²) in [4.78, 5) is 22.0. The molecule has 8 nitrogen and oxygen atoms in total. The Morgan fingerprint density at radius 2 is 2.30 bits per heavy atom. The topological polar surface area (TPSA) is 103 Å². The van der Waals surface area contributed by atoms with Crippen molar-refractivity contribution in [1.29, 1.82) is 0 Å². The number of rotatable bonds is 7. The molecule has 0 spiro atoms. The molecule has 8 heteroatoms. The molecule has 0 saturated carbocycles. The van der Waals surface area contributed by atoms with Gasteiger partial charge in [0.05, 0.1) is 12.0 Å². The number of carbonyl (C=O) groups excluding carboxylic acids is 1. The van der Waals surface area contributed by atoms with Crippen molar-refractivity contribution in [2.24, 2.45) is 0 Å². The Kier molecular flexibility index (Phi) is 5.93. The zero-order valence-corrected chi connectivity index (χ0v) is 12.8. The summed E-state index contributed by atoms with van der Waals surface area (Å²) >= 11 is 0. The summed E-state index contributed by atoms with van der Waals surface area (Å²) in [5.41, 5.74) is 1.04. The fourth-order valence-corrected chi connectivity index (χ4v) is 2.14. The zero-order chi connectivity index (χ0) is 16.7. The minimum atomic E-state index is -0.540. The lowest BCUT2D eigenvalue weighted by Crippen LogP contribution is -2.32. The van der Waals surface area contributed by atoms with Crippen LogP contribution in [0.25, 0.3) is 0 Å². The number of benzene rings is 1. The maximum Gasteiger partial charge on any atom is 0.311 e. The summed E-state index contributed by atoms with van der Waals surface area (Å²) in [6.07, 6.45) is 2.98. The molecule has 0 fully saturated rings. The maximum atomic E-state index is 11.8. The van der Waals surface area contributed by atoms with Gasteiger partial charge >= 0.3 is 5.69 Å². The normalized spacial score (nSPS) is 13.9. The molecule has 1 aliphatic rings. The molecule has 124 valence electrons. The second-order valence-electron chi connectivity index (χ2n) is 4.97. The first-order valence-electron chi connectivity index (χ1n) is 7.20. The Bertz CT molecular complexity index is 615. The molecule has 0 unspecified atom stereocenters. The number of nitro benzene ring substituents is 1. The van der Waals surface area contributed by atoms with Gasteiger partial charge < -0.3 is 20.1 Å². The average Bonchev–Trinajstić information content (AvgIpc) is 2.58. The van der Waals surface area contributed by atoms with Gasteiger partial charge in [0, 0.05) is 25.2 Å². The van der Waals surface area contributed by atoms with Crippen molar-refractivity contribution in [2.75, 3.05) is 33.4 Å². The Labute approximate surface area is 133 Å². The van der Waals surface area contributed by atoms with Crippen LogP contribution < -0.4 is 20.1 Å². The molecule has 1 aromatic rings. The second-order valence-corrected chi connectivity index (χ2v) is 4.97. The number of hydrogen-bond donors (Lipinski definition) is 2. The molecule has 0 atom stereocenters. The monoisotopic (exact) mass is 321 g/mol. The van der Waals surface area contributed by atoms with E-state index in [0.29, 0.717) is 12.3 Å². The minimum Gasteiger partial charge on any atom is -0.490 e. The first-order chi connectivity index (χ1) is 11.1. The fraction of sp³-hybridized carbons (Fsp3) is 0.400. The van der Waals surface area contributed by atoms with Crippen LogP contribution in [0.3, 0.4) is 0 Å². The van der Waals surface area contributed by atoms with Gasteiger partial charge in [0.1, 0.15) is 5.75 Å². The summed E-state index contributed by atoms with van der Waals surface area (Å²) in [7, 11) is 1.34. The van der Waals surface area contributed by atoms with Gasteiger partial charge in [0.25, 0.3) is 5.91 Å². The lowest BCUT2D eigenvalue weighted by atomic mass is 10.1. The summed E-state index contributed by atoms with van der Waals surface area (Å²) in [5.74, 6) is 0.179. The minimum absolute atomic E-state index is 0.0905. The van der Waals surface area contributed by atoms with Crippen LogP contribution in [-0.2, 0) is 4.79 Å². The number of nitrogens with zero attached hydrogens (tertiary/aromatic N) is 1. The van der Waals surface area contributed by atoms with Crippen LogP contribution in [0.5, 0.6) is 11.5 Å². The number of nitro groups is 1. The van der Waals surface area contributed by atoms with E-state index in [4.69, 9.17) is 9.47 Å². The summed E-state index contributed by atoms with van der Waals surface area (Å²) in [5, 5.41) is 16.8. The predicted octanol–water partition coefficient (Wildman–Crippen LogP) is 1.02. The van der Waals surface area contributed by atoms with Crippen LogP contribution in [0, 0.1) is 10.1 Å². The average molecular weight is 321 g/mol. The Hall–Kier alpha value is -2.61. The van der Waals surface area contributed by atoms with E-state index in [-0.39, 0.29) is 24.0 Å². The highest BCUT2D eigenvalue weighted by Gasteiger charge is 2.15. The number of amides is 1. The van der Waals surface area contributed by atoms with Crippen molar-refractivity contribution in [3.8, 4) is 11.5 Å². The lowest BCUT2D eigenvalue weighted by molar-refractivity contribution is -0.385. The van der Waals surface area contributed by atoms with E-state index in [0.717, 1.165) is 19.5 Å². The molecular weight excluding hydrogens is 302 g/mol. The van der Waals surface area contributed by atoms with Crippen molar-refractivity contribution >= 4 is 11.6 Å². The predicted molar refractivity (Wildman–Crippen MR) is 83.7 cm³/mol. The largest absolute Gasteiger partial charge is 0.490 e. The van der Waals surface area contributed by atoms with Gasteiger partial charge in [-0.3, -0.25) is 14.9 Å². The number of hydrogen-bond acceptors (Lipinski definition) is 6. The van der Waals surface area contributed by atoms with Gasteiger partial charge in [-0.25, -0.2) is 0 Å². The van der Waals surface area contributed by atoms with Gasteiger partial charge in [0.2, 0.25) is 5.75 Å². The van der Waals surface area contributed by atoms with Gasteiger partial charge in [-0.15, -0.1) is 0 Å². The van der Waals surface area contributed by atoms with Crippen molar-refractivity contribution in [3.05, 3.63) is 40.0 Å². The van der Waals surface area contributed by atoms with E-state index < -0.39 is 4.92 Å². The first-order valence-corrected chi connectivity index (χ1v) is 7.20. The maximum absolute atomic E-state index is 11.8. The molecular formula is C15H19N3O5. The molecule has 0 radical (unpaired) electrons. The van der Waals surface area contributed by atoms with Crippen LogP contribution >= 0.6 is 0 Å². The van der Waals surface area contributed by atoms with Crippen LogP contribution in [-0.4, -0.2) is 44.2 Å². The van der Waals surface area contributed by atoms with E-state index in [9.17, 15) is 14.9 Å². The molecule has 23 heavy (non-hydrogen) atoms. The highest BCUT2D eigenvalue weighted by molar-refractivity contribution is 5.77. The molecule has 0 saturated heterocycles. The van der Waals surface area contributed by atoms with Crippen LogP contribution in [0.15, 0.2) is 29.8 Å². The van der Waals surface area contributed by atoms with E-state index in [2.05, 4.69) is 16.7 Å². The second kappa shape index (κ2) is 8.14. The Morgan fingerprint density at radius 3 is 2.96 bits per heavy atom. The SMILES string of the molecule is COc1cc(OCC(=O)NCC2=CCNCC2)ccc1[N+](=O)[O-]. The molecule has 0 aromatic heterocycles. The van der Waals surface area contributed by atoms with Gasteiger partial charge in [-0.2, -0.15) is 0 Å². The van der Waals surface area contributed by atoms with E-state index in [1.165, 1.54) is 30.9 Å². The van der Waals surface area contributed by atoms with E-state index >= 15 is 0 Å². The number of ether oxygens (including phenoxy) is 2. The van der Waals surface area contributed by atoms with Crippen molar-refractivity contribution in [1.82, 2.24) is 10.6 Å². The fourth-order valence-electron chi connectivity index (χ4n) is 2.14. The lowest BCUT2D eigenvalue weighted by Gasteiger charge is -2.14. The third kappa shape index (κ3) is 4.96. The molecule has 1 aliphatic heterocycles. The van der Waals surface area contributed by atoms with Gasteiger partial charge in [-0.1, -0.05) is 11.6 Å². The Morgan fingerprint density at radius 1 is 1.48 bits per heavy atom. The van der Waals surface area contributed by atoms with Gasteiger partial charge in [0.15, 0.2) is 6.61 Å². The molecule has 2 rings (SSSR count). The van der Waals surface area contributed by atoms with Crippen LogP contribution in [0.2, 0.25) is 0 Å². The van der Waals surface area contributed by atoms with E-state index in [1.54, 1.807) is 0 Å². The quantitative estimate of drug-likeness (QED) is 0.441. The third-order valence-electron chi connectivity index (χ3n) is 3.39. The molecule has 1 amide bonds. The Balaban J connectivity index is 1.84. The van der Waals surface area contributed by atoms with Crippen molar-refractivity contribution in [3.63, 3.8) is 0 Å². The zero-order valence-electron chi connectivity index (χ0n) is 12.8. The van der Waals surface area contributed by atoms with Crippen LogP contribution in [0.1, 0.15) is 6.42 Å². The number of nitrogens with one attached hydrogen (secondary N) is 2. The standard InChI is InChI=1S/C15H19N3O5/c1-22-14-8-12(2-3-13(14)18(20)21)23-10-15(19)17-9-11-4-6-16-7-5-11/h2-4,8,16H,5-7,9-10H2,1H3,(H,17,19).